The maximum Gasteiger partial charge on any atom is 0.573 e. The van der Waals surface area contributed by atoms with Gasteiger partial charge in [-0.15, -0.1) is 13.2 Å². The molecule has 2 aromatic rings. The molecule has 2 aromatic carbocycles. The number of halogens is 3. The van der Waals surface area contributed by atoms with Crippen molar-refractivity contribution < 1.29 is 32.5 Å². The Morgan fingerprint density at radius 2 is 1.65 bits per heavy atom. The summed E-state index contributed by atoms with van der Waals surface area (Å²) in [5.41, 5.74) is 0.871. The molecule has 0 aliphatic rings. The number of aliphatic hydroxyl groups is 1. The normalized spacial score (nSPS) is 12.2. The zero-order valence-corrected chi connectivity index (χ0v) is 13.7. The fraction of sp³-hybridized carbons (Fsp3) is 0.235. The minimum Gasteiger partial charge on any atom is -0.497 e. The molecule has 0 aliphatic carbocycles. The van der Waals surface area contributed by atoms with E-state index in [1.54, 1.807) is 24.3 Å². The Labute approximate surface area is 147 Å². The third-order valence-corrected chi connectivity index (χ3v) is 3.30. The van der Waals surface area contributed by atoms with Crippen LogP contribution in [0.4, 0.5) is 23.7 Å². The first kappa shape index (κ1) is 19.4. The summed E-state index contributed by atoms with van der Waals surface area (Å²) in [6, 6.07) is 10.8. The molecule has 0 aromatic heterocycles. The average Bonchev–Trinajstić information content (AvgIpc) is 2.60. The predicted octanol–water partition coefficient (Wildman–Crippen LogP) is 3.45. The van der Waals surface area contributed by atoms with Gasteiger partial charge >= 0.3 is 12.4 Å². The van der Waals surface area contributed by atoms with Crippen molar-refractivity contribution in [3.05, 3.63) is 54.1 Å². The summed E-state index contributed by atoms with van der Waals surface area (Å²) >= 11 is 0. The van der Waals surface area contributed by atoms with Crippen LogP contribution in [0.3, 0.4) is 0 Å². The summed E-state index contributed by atoms with van der Waals surface area (Å²) in [5.74, 6) is 0.253. The molecule has 0 heterocycles. The van der Waals surface area contributed by atoms with Crippen molar-refractivity contribution in [1.82, 2.24) is 5.32 Å². The number of hydrogen-bond acceptors (Lipinski definition) is 4. The van der Waals surface area contributed by atoms with Gasteiger partial charge in [0.25, 0.3) is 0 Å². The number of anilines is 1. The van der Waals surface area contributed by atoms with Crippen LogP contribution in [0, 0.1) is 0 Å². The molecule has 0 unspecified atom stereocenters. The monoisotopic (exact) mass is 370 g/mol. The highest BCUT2D eigenvalue weighted by molar-refractivity contribution is 5.89. The minimum atomic E-state index is -4.77. The van der Waals surface area contributed by atoms with Gasteiger partial charge in [0.15, 0.2) is 0 Å². The van der Waals surface area contributed by atoms with Crippen molar-refractivity contribution in [1.29, 1.82) is 0 Å². The molecule has 0 bridgehead atoms. The number of aliphatic hydroxyl groups excluding tert-OH is 1. The first-order valence-corrected chi connectivity index (χ1v) is 7.49. The standard InChI is InChI=1S/C17H17F3N2O4/c1-25-13-6-2-11(3-7-13)15(23)10-21-16(24)22-12-4-8-14(9-5-12)26-17(18,19)20/h2-9,15,23H,10H2,1H3,(H2,21,22,24)/t15-/m0/s1. The highest BCUT2D eigenvalue weighted by Crippen LogP contribution is 2.24. The smallest absolute Gasteiger partial charge is 0.497 e. The molecular formula is C17H17F3N2O4. The third kappa shape index (κ3) is 6.17. The van der Waals surface area contributed by atoms with Crippen molar-refractivity contribution in [3.63, 3.8) is 0 Å². The Balaban J connectivity index is 1.82. The van der Waals surface area contributed by atoms with Gasteiger partial charge in [-0.3, -0.25) is 0 Å². The Bertz CT molecular complexity index is 718. The lowest BCUT2D eigenvalue weighted by Crippen LogP contribution is -2.32. The second-order valence-corrected chi connectivity index (χ2v) is 5.20. The number of benzene rings is 2. The number of carbonyl (C=O) groups is 1. The second-order valence-electron chi connectivity index (χ2n) is 5.20. The molecule has 2 rings (SSSR count). The summed E-state index contributed by atoms with van der Waals surface area (Å²) < 4.78 is 45.0. The van der Waals surface area contributed by atoms with Crippen LogP contribution in [-0.4, -0.2) is 31.2 Å². The van der Waals surface area contributed by atoms with Gasteiger partial charge in [-0.05, 0) is 42.0 Å². The van der Waals surface area contributed by atoms with Crippen molar-refractivity contribution in [2.75, 3.05) is 19.0 Å². The molecule has 2 amide bonds. The molecule has 140 valence electrons. The molecule has 0 radical (unpaired) electrons. The molecule has 1 atom stereocenters. The van der Waals surface area contributed by atoms with Gasteiger partial charge < -0.3 is 25.2 Å². The fourth-order valence-corrected chi connectivity index (χ4v) is 2.05. The SMILES string of the molecule is COc1ccc([C@@H](O)CNC(=O)Nc2ccc(OC(F)(F)F)cc2)cc1. The van der Waals surface area contributed by atoms with Gasteiger partial charge in [-0.2, -0.15) is 0 Å². The van der Waals surface area contributed by atoms with Gasteiger partial charge in [0.2, 0.25) is 0 Å². The number of methoxy groups -OCH3 is 1. The molecule has 3 N–H and O–H groups in total. The van der Waals surface area contributed by atoms with E-state index in [0.717, 1.165) is 12.1 Å². The number of urea groups is 1. The van der Waals surface area contributed by atoms with Crippen LogP contribution in [0.25, 0.3) is 0 Å². The van der Waals surface area contributed by atoms with E-state index in [4.69, 9.17) is 4.74 Å². The maximum absolute atomic E-state index is 12.1. The van der Waals surface area contributed by atoms with Crippen molar-refractivity contribution in [2.45, 2.75) is 12.5 Å². The van der Waals surface area contributed by atoms with Crippen molar-refractivity contribution >= 4 is 11.7 Å². The highest BCUT2D eigenvalue weighted by Gasteiger charge is 2.30. The molecule has 0 saturated heterocycles. The van der Waals surface area contributed by atoms with Gasteiger partial charge in [-0.1, -0.05) is 12.1 Å². The molecule has 0 aliphatic heterocycles. The van der Waals surface area contributed by atoms with E-state index in [-0.39, 0.29) is 12.2 Å². The first-order valence-electron chi connectivity index (χ1n) is 7.49. The van der Waals surface area contributed by atoms with Crippen LogP contribution < -0.4 is 20.1 Å². The molecule has 0 spiro atoms. The van der Waals surface area contributed by atoms with Crippen LogP contribution in [0.15, 0.2) is 48.5 Å². The van der Waals surface area contributed by atoms with Gasteiger partial charge in [-0.25, -0.2) is 4.79 Å². The lowest BCUT2D eigenvalue weighted by molar-refractivity contribution is -0.274. The second kappa shape index (κ2) is 8.43. The van der Waals surface area contributed by atoms with Crippen LogP contribution in [-0.2, 0) is 0 Å². The first-order chi connectivity index (χ1) is 12.3. The van der Waals surface area contributed by atoms with Crippen LogP contribution in [0.2, 0.25) is 0 Å². The lowest BCUT2D eigenvalue weighted by Gasteiger charge is -2.14. The fourth-order valence-electron chi connectivity index (χ4n) is 2.05. The summed E-state index contributed by atoms with van der Waals surface area (Å²) in [4.78, 5) is 11.8. The zero-order chi connectivity index (χ0) is 19.2. The van der Waals surface area contributed by atoms with E-state index in [1.165, 1.54) is 19.2 Å². The molecule has 0 saturated carbocycles. The van der Waals surface area contributed by atoms with Gasteiger partial charge in [0, 0.05) is 12.2 Å². The quantitative estimate of drug-likeness (QED) is 0.728. The summed E-state index contributed by atoms with van der Waals surface area (Å²) in [6.07, 6.45) is -5.70. The Morgan fingerprint density at radius 1 is 1.08 bits per heavy atom. The van der Waals surface area contributed by atoms with E-state index in [0.29, 0.717) is 11.3 Å². The Hall–Kier alpha value is -2.94. The number of rotatable bonds is 6. The number of alkyl halides is 3. The summed E-state index contributed by atoms with van der Waals surface area (Å²) in [6.45, 7) is -0.0482. The number of hydrogen-bond donors (Lipinski definition) is 3. The predicted molar refractivity (Wildman–Crippen MR) is 88.1 cm³/mol. The average molecular weight is 370 g/mol. The van der Waals surface area contributed by atoms with E-state index in [2.05, 4.69) is 15.4 Å². The van der Waals surface area contributed by atoms with E-state index >= 15 is 0 Å². The molecule has 0 fully saturated rings. The van der Waals surface area contributed by atoms with Crippen molar-refractivity contribution in [3.8, 4) is 11.5 Å². The highest BCUT2D eigenvalue weighted by atomic mass is 19.4. The van der Waals surface area contributed by atoms with Crippen LogP contribution in [0.5, 0.6) is 11.5 Å². The van der Waals surface area contributed by atoms with E-state index in [1.807, 2.05) is 0 Å². The Kier molecular flexibility index (Phi) is 6.29. The summed E-state index contributed by atoms with van der Waals surface area (Å²) in [5, 5.41) is 14.9. The van der Waals surface area contributed by atoms with Crippen molar-refractivity contribution in [2.24, 2.45) is 0 Å². The third-order valence-electron chi connectivity index (χ3n) is 3.30. The molecular weight excluding hydrogens is 353 g/mol. The van der Waals surface area contributed by atoms with Gasteiger partial charge in [0.1, 0.15) is 11.5 Å². The number of ether oxygens (including phenoxy) is 2. The molecule has 6 nitrogen and oxygen atoms in total. The number of carbonyl (C=O) groups excluding carboxylic acids is 1. The number of nitrogens with one attached hydrogen (secondary N) is 2. The molecule has 9 heteroatoms. The topological polar surface area (TPSA) is 79.8 Å². The lowest BCUT2D eigenvalue weighted by atomic mass is 10.1. The van der Waals surface area contributed by atoms with E-state index < -0.39 is 24.2 Å². The maximum atomic E-state index is 12.1. The Morgan fingerprint density at radius 3 is 2.19 bits per heavy atom. The summed E-state index contributed by atoms with van der Waals surface area (Å²) in [7, 11) is 1.53. The van der Waals surface area contributed by atoms with E-state index in [9.17, 15) is 23.1 Å². The molecule has 26 heavy (non-hydrogen) atoms. The minimum absolute atomic E-state index is 0.0482. The van der Waals surface area contributed by atoms with Crippen LogP contribution >= 0.6 is 0 Å². The zero-order valence-electron chi connectivity index (χ0n) is 13.7. The largest absolute Gasteiger partial charge is 0.573 e. The van der Waals surface area contributed by atoms with Crippen LogP contribution in [0.1, 0.15) is 11.7 Å². The number of amides is 2. The van der Waals surface area contributed by atoms with Gasteiger partial charge in [0.05, 0.1) is 13.2 Å².